The zero-order chi connectivity index (χ0) is 13.4. The van der Waals surface area contributed by atoms with Crippen LogP contribution >= 0.6 is 0 Å². The van der Waals surface area contributed by atoms with Gasteiger partial charge in [0, 0.05) is 0 Å². The van der Waals surface area contributed by atoms with E-state index in [2.05, 4.69) is 6.92 Å². The van der Waals surface area contributed by atoms with Gasteiger partial charge in [-0.2, -0.15) is 0 Å². The van der Waals surface area contributed by atoms with E-state index in [0.29, 0.717) is 12.7 Å². The summed E-state index contributed by atoms with van der Waals surface area (Å²) in [4.78, 5) is 0. The molecule has 0 aliphatic heterocycles. The second-order valence-electron chi connectivity index (χ2n) is 5.43. The monoisotopic (exact) mass is 277 g/mol. The Bertz CT molecular complexity index is 308. The van der Waals surface area contributed by atoms with Crippen LogP contribution in [0.2, 0.25) is 0 Å². The maximum absolute atomic E-state index is 11.1. The van der Waals surface area contributed by atoms with E-state index in [1.165, 1.54) is 25.7 Å². The first-order chi connectivity index (χ1) is 8.51. The summed E-state index contributed by atoms with van der Waals surface area (Å²) in [5.74, 6) is 0.0985. The van der Waals surface area contributed by atoms with Crippen LogP contribution in [0.1, 0.15) is 58.3 Å². The maximum Gasteiger partial charge on any atom is 0.209 e. The molecule has 108 valence electrons. The predicted molar refractivity (Wildman–Crippen MR) is 73.8 cm³/mol. The zero-order valence-corrected chi connectivity index (χ0v) is 12.3. The number of ether oxygens (including phenoxy) is 1. The topological polar surface area (TPSA) is 69.4 Å². The van der Waals surface area contributed by atoms with Crippen molar-refractivity contribution in [3.8, 4) is 0 Å². The van der Waals surface area contributed by atoms with Crippen molar-refractivity contribution in [1.82, 2.24) is 0 Å². The van der Waals surface area contributed by atoms with Gasteiger partial charge in [-0.1, -0.05) is 39.0 Å². The van der Waals surface area contributed by atoms with Crippen LogP contribution in [-0.4, -0.2) is 26.9 Å². The van der Waals surface area contributed by atoms with Gasteiger partial charge in [-0.05, 0) is 25.2 Å². The highest BCUT2D eigenvalue weighted by molar-refractivity contribution is 7.89. The van der Waals surface area contributed by atoms with E-state index in [1.54, 1.807) is 0 Å². The maximum atomic E-state index is 11.1. The number of primary sulfonamides is 1. The third-order valence-electron chi connectivity index (χ3n) is 3.53. The molecule has 0 heterocycles. The lowest BCUT2D eigenvalue weighted by Crippen LogP contribution is -2.27. The van der Waals surface area contributed by atoms with Crippen LogP contribution in [0.3, 0.4) is 0 Å². The van der Waals surface area contributed by atoms with Crippen LogP contribution in [0.15, 0.2) is 0 Å². The Morgan fingerprint density at radius 3 is 2.33 bits per heavy atom. The quantitative estimate of drug-likeness (QED) is 0.727. The first kappa shape index (κ1) is 15.9. The molecule has 0 saturated heterocycles. The third-order valence-corrected chi connectivity index (χ3v) is 4.47. The first-order valence-corrected chi connectivity index (χ1v) is 8.85. The van der Waals surface area contributed by atoms with Crippen LogP contribution in [0.4, 0.5) is 0 Å². The average molecular weight is 277 g/mol. The zero-order valence-electron chi connectivity index (χ0n) is 11.4. The minimum absolute atomic E-state index is 0.0492. The highest BCUT2D eigenvalue weighted by Gasteiger charge is 2.18. The minimum Gasteiger partial charge on any atom is -0.378 e. The molecule has 0 bridgehead atoms. The van der Waals surface area contributed by atoms with E-state index < -0.39 is 10.0 Å². The Morgan fingerprint density at radius 1 is 1.22 bits per heavy atom. The van der Waals surface area contributed by atoms with Gasteiger partial charge in [-0.15, -0.1) is 0 Å². The Kier molecular flexibility index (Phi) is 7.19. The van der Waals surface area contributed by atoms with E-state index >= 15 is 0 Å². The highest BCUT2D eigenvalue weighted by atomic mass is 32.2. The van der Waals surface area contributed by atoms with Crippen molar-refractivity contribution in [1.29, 1.82) is 0 Å². The first-order valence-electron chi connectivity index (χ1n) is 7.13. The van der Waals surface area contributed by atoms with Crippen molar-refractivity contribution in [2.45, 2.75) is 64.4 Å². The van der Waals surface area contributed by atoms with Gasteiger partial charge in [0.2, 0.25) is 10.0 Å². The van der Waals surface area contributed by atoms with Gasteiger partial charge in [0.05, 0.1) is 18.5 Å². The highest BCUT2D eigenvalue weighted by Crippen LogP contribution is 2.21. The Balaban J connectivity index is 2.35. The van der Waals surface area contributed by atoms with Gasteiger partial charge in [-0.3, -0.25) is 0 Å². The summed E-state index contributed by atoms with van der Waals surface area (Å²) in [5, 5.41) is 5.12. The molecule has 5 heteroatoms. The Hall–Kier alpha value is -0.130. The number of hydrogen-bond donors (Lipinski definition) is 1. The fraction of sp³-hybridized carbons (Fsp3) is 1.00. The SMILES string of the molecule is CCCC(COC1CCCCCC1)CS(N)(=O)=O. The van der Waals surface area contributed by atoms with Gasteiger partial charge in [0.1, 0.15) is 0 Å². The molecule has 1 aliphatic rings. The smallest absolute Gasteiger partial charge is 0.209 e. The molecule has 4 nitrogen and oxygen atoms in total. The molecular weight excluding hydrogens is 250 g/mol. The fourth-order valence-electron chi connectivity index (χ4n) is 2.63. The van der Waals surface area contributed by atoms with Crippen molar-refractivity contribution in [2.75, 3.05) is 12.4 Å². The summed E-state index contributed by atoms with van der Waals surface area (Å²) in [6, 6.07) is 0. The van der Waals surface area contributed by atoms with Crippen LogP contribution in [-0.2, 0) is 14.8 Å². The molecule has 0 aromatic rings. The molecule has 0 aromatic heterocycles. The van der Waals surface area contributed by atoms with Crippen molar-refractivity contribution < 1.29 is 13.2 Å². The van der Waals surface area contributed by atoms with Crippen molar-refractivity contribution in [3.05, 3.63) is 0 Å². The summed E-state index contributed by atoms with van der Waals surface area (Å²) >= 11 is 0. The largest absolute Gasteiger partial charge is 0.378 e. The lowest BCUT2D eigenvalue weighted by molar-refractivity contribution is 0.0227. The third kappa shape index (κ3) is 7.34. The molecule has 0 aromatic carbocycles. The summed E-state index contributed by atoms with van der Waals surface area (Å²) in [5.41, 5.74) is 0. The molecule has 18 heavy (non-hydrogen) atoms. The van der Waals surface area contributed by atoms with E-state index in [4.69, 9.17) is 9.88 Å². The second kappa shape index (κ2) is 8.12. The summed E-state index contributed by atoms with van der Waals surface area (Å²) in [6.45, 7) is 2.59. The van der Waals surface area contributed by atoms with Crippen molar-refractivity contribution >= 4 is 10.0 Å². The van der Waals surface area contributed by atoms with Gasteiger partial charge >= 0.3 is 0 Å². The minimum atomic E-state index is -3.39. The summed E-state index contributed by atoms with van der Waals surface area (Å²) in [7, 11) is -3.39. The number of nitrogens with two attached hydrogens (primary N) is 1. The molecule has 1 saturated carbocycles. The van der Waals surface area contributed by atoms with E-state index in [9.17, 15) is 8.42 Å². The molecule has 0 amide bonds. The van der Waals surface area contributed by atoms with Crippen LogP contribution in [0.5, 0.6) is 0 Å². The number of hydrogen-bond acceptors (Lipinski definition) is 3. The van der Waals surface area contributed by atoms with Crippen molar-refractivity contribution in [3.63, 3.8) is 0 Å². The van der Waals surface area contributed by atoms with Gasteiger partial charge in [-0.25, -0.2) is 13.6 Å². The van der Waals surface area contributed by atoms with Crippen LogP contribution < -0.4 is 5.14 Å². The number of sulfonamides is 1. The van der Waals surface area contributed by atoms with E-state index in [1.807, 2.05) is 0 Å². The lowest BCUT2D eigenvalue weighted by atomic mass is 10.1. The van der Waals surface area contributed by atoms with E-state index in [-0.39, 0.29) is 11.7 Å². The van der Waals surface area contributed by atoms with Gasteiger partial charge < -0.3 is 4.74 Å². The van der Waals surface area contributed by atoms with Crippen molar-refractivity contribution in [2.24, 2.45) is 11.1 Å². The molecule has 1 atom stereocenters. The molecule has 0 spiro atoms. The predicted octanol–water partition coefficient (Wildman–Crippen LogP) is 2.43. The van der Waals surface area contributed by atoms with E-state index in [0.717, 1.165) is 25.7 Å². The molecule has 1 aliphatic carbocycles. The standard InChI is InChI=1S/C13H27NO3S/c1-2-7-12(11-18(14,15)16)10-17-13-8-5-3-4-6-9-13/h12-13H,2-11H2,1H3,(H2,14,15,16). The van der Waals surface area contributed by atoms with Crippen LogP contribution in [0, 0.1) is 5.92 Å². The van der Waals surface area contributed by atoms with Gasteiger partial charge in [0.15, 0.2) is 0 Å². The van der Waals surface area contributed by atoms with Crippen LogP contribution in [0.25, 0.3) is 0 Å². The Morgan fingerprint density at radius 2 is 1.83 bits per heavy atom. The molecule has 2 N–H and O–H groups in total. The molecule has 1 unspecified atom stereocenters. The molecule has 0 radical (unpaired) electrons. The number of rotatable bonds is 7. The second-order valence-corrected chi connectivity index (χ2v) is 7.09. The normalized spacial score (nSPS) is 20.6. The Labute approximate surface area is 111 Å². The lowest BCUT2D eigenvalue weighted by Gasteiger charge is -2.20. The van der Waals surface area contributed by atoms with Gasteiger partial charge in [0.25, 0.3) is 0 Å². The fourth-order valence-corrected chi connectivity index (χ4v) is 3.55. The average Bonchev–Trinajstić information content (AvgIpc) is 2.52. The summed E-state index contributed by atoms with van der Waals surface area (Å²) in [6.07, 6.45) is 9.47. The molecule has 1 fully saturated rings. The summed E-state index contributed by atoms with van der Waals surface area (Å²) < 4.78 is 28.2. The molecule has 1 rings (SSSR count). The molecular formula is C13H27NO3S.